The van der Waals surface area contributed by atoms with E-state index >= 15 is 0 Å². The Hall–Kier alpha value is -0.120. The Labute approximate surface area is 87.5 Å². The molecule has 14 heavy (non-hydrogen) atoms. The van der Waals surface area contributed by atoms with E-state index in [0.29, 0.717) is 18.6 Å². The molecule has 0 spiro atoms. The van der Waals surface area contributed by atoms with Crippen LogP contribution >= 0.6 is 0 Å². The number of aliphatic hydroxyl groups is 1. The standard InChI is InChI=1S/C11H24N2O/c1-3-12-11-7-10(5-6-14)8-13(4-2)9-11/h10-12,14H,3-9H2,1-2H3. The lowest BCUT2D eigenvalue weighted by Gasteiger charge is -2.37. The fraction of sp³-hybridized carbons (Fsp3) is 1.00. The van der Waals surface area contributed by atoms with E-state index in [4.69, 9.17) is 5.11 Å². The topological polar surface area (TPSA) is 35.5 Å². The van der Waals surface area contributed by atoms with Crippen LogP contribution in [-0.4, -0.2) is 48.8 Å². The van der Waals surface area contributed by atoms with Crippen molar-refractivity contribution in [1.29, 1.82) is 0 Å². The first kappa shape index (κ1) is 12.0. The normalized spacial score (nSPS) is 29.4. The molecule has 1 aliphatic rings. The lowest BCUT2D eigenvalue weighted by atomic mass is 9.92. The summed E-state index contributed by atoms with van der Waals surface area (Å²) in [5, 5.41) is 12.5. The van der Waals surface area contributed by atoms with Gasteiger partial charge in [0.2, 0.25) is 0 Å². The van der Waals surface area contributed by atoms with Gasteiger partial charge in [-0.15, -0.1) is 0 Å². The lowest BCUT2D eigenvalue weighted by Crippen LogP contribution is -2.49. The highest BCUT2D eigenvalue weighted by Gasteiger charge is 2.25. The molecule has 1 rings (SSSR count). The third kappa shape index (κ3) is 3.56. The van der Waals surface area contributed by atoms with Gasteiger partial charge in [-0.3, -0.25) is 0 Å². The first-order valence-electron chi connectivity index (χ1n) is 5.86. The minimum absolute atomic E-state index is 0.334. The van der Waals surface area contributed by atoms with Gasteiger partial charge >= 0.3 is 0 Å². The predicted molar refractivity (Wildman–Crippen MR) is 59.4 cm³/mol. The molecule has 0 aromatic heterocycles. The minimum Gasteiger partial charge on any atom is -0.396 e. The number of piperidine rings is 1. The average molecular weight is 200 g/mol. The molecule has 1 heterocycles. The number of likely N-dealkylation sites (tertiary alicyclic amines) is 1. The van der Waals surface area contributed by atoms with Crippen molar-refractivity contribution in [3.63, 3.8) is 0 Å². The van der Waals surface area contributed by atoms with Crippen LogP contribution in [0.2, 0.25) is 0 Å². The monoisotopic (exact) mass is 200 g/mol. The molecule has 1 saturated heterocycles. The van der Waals surface area contributed by atoms with E-state index in [9.17, 15) is 0 Å². The van der Waals surface area contributed by atoms with Crippen molar-refractivity contribution < 1.29 is 5.11 Å². The summed E-state index contributed by atoms with van der Waals surface area (Å²) >= 11 is 0. The van der Waals surface area contributed by atoms with Gasteiger partial charge < -0.3 is 15.3 Å². The molecule has 3 nitrogen and oxygen atoms in total. The second-order valence-electron chi connectivity index (χ2n) is 4.22. The highest BCUT2D eigenvalue weighted by atomic mass is 16.3. The smallest absolute Gasteiger partial charge is 0.0434 e. The molecule has 3 heteroatoms. The summed E-state index contributed by atoms with van der Waals surface area (Å²) in [5.74, 6) is 0.678. The summed E-state index contributed by atoms with van der Waals surface area (Å²) < 4.78 is 0. The number of hydrogen-bond donors (Lipinski definition) is 2. The highest BCUT2D eigenvalue weighted by molar-refractivity contribution is 4.82. The first-order chi connectivity index (χ1) is 6.80. The Morgan fingerprint density at radius 3 is 2.71 bits per heavy atom. The third-order valence-corrected chi connectivity index (χ3v) is 3.09. The van der Waals surface area contributed by atoms with Gasteiger partial charge in [0.05, 0.1) is 0 Å². The third-order valence-electron chi connectivity index (χ3n) is 3.09. The Morgan fingerprint density at radius 1 is 1.36 bits per heavy atom. The first-order valence-corrected chi connectivity index (χ1v) is 5.86. The molecular formula is C11H24N2O. The molecule has 0 aromatic carbocycles. The minimum atomic E-state index is 0.334. The van der Waals surface area contributed by atoms with Crippen molar-refractivity contribution in [2.75, 3.05) is 32.8 Å². The Balaban J connectivity index is 2.39. The zero-order valence-corrected chi connectivity index (χ0v) is 9.50. The maximum atomic E-state index is 8.95. The maximum Gasteiger partial charge on any atom is 0.0434 e. The molecular weight excluding hydrogens is 176 g/mol. The van der Waals surface area contributed by atoms with Gasteiger partial charge in [-0.25, -0.2) is 0 Å². The van der Waals surface area contributed by atoms with Crippen LogP contribution in [-0.2, 0) is 0 Å². The number of nitrogens with one attached hydrogen (secondary N) is 1. The molecule has 0 bridgehead atoms. The van der Waals surface area contributed by atoms with Gasteiger partial charge in [0.25, 0.3) is 0 Å². The summed E-state index contributed by atoms with van der Waals surface area (Å²) in [4.78, 5) is 2.48. The fourth-order valence-corrected chi connectivity index (χ4v) is 2.39. The van der Waals surface area contributed by atoms with Crippen LogP contribution in [0.25, 0.3) is 0 Å². The van der Waals surface area contributed by atoms with Gasteiger partial charge in [0, 0.05) is 25.7 Å². The number of likely N-dealkylation sites (N-methyl/N-ethyl adjacent to an activating group) is 2. The lowest BCUT2D eigenvalue weighted by molar-refractivity contribution is 0.126. The van der Waals surface area contributed by atoms with Crippen molar-refractivity contribution >= 4 is 0 Å². The summed E-state index contributed by atoms with van der Waals surface area (Å²) in [6, 6.07) is 0.630. The van der Waals surface area contributed by atoms with Crippen LogP contribution in [0.1, 0.15) is 26.7 Å². The molecule has 1 aliphatic heterocycles. The van der Waals surface area contributed by atoms with E-state index in [0.717, 1.165) is 19.5 Å². The predicted octanol–water partition coefficient (Wildman–Crippen LogP) is 0.689. The summed E-state index contributed by atoms with van der Waals surface area (Å²) in [6.07, 6.45) is 2.18. The van der Waals surface area contributed by atoms with Crippen LogP contribution in [0.3, 0.4) is 0 Å². The maximum absolute atomic E-state index is 8.95. The van der Waals surface area contributed by atoms with E-state index in [2.05, 4.69) is 24.1 Å². The Kier molecular flexibility index (Phi) is 5.45. The van der Waals surface area contributed by atoms with Crippen molar-refractivity contribution in [2.45, 2.75) is 32.7 Å². The van der Waals surface area contributed by atoms with Crippen LogP contribution in [0, 0.1) is 5.92 Å². The summed E-state index contributed by atoms with van der Waals surface area (Å²) in [6.45, 7) is 9.22. The molecule has 0 aliphatic carbocycles. The molecule has 2 N–H and O–H groups in total. The van der Waals surface area contributed by atoms with Crippen molar-refractivity contribution in [3.05, 3.63) is 0 Å². The van der Waals surface area contributed by atoms with Gasteiger partial charge in [-0.2, -0.15) is 0 Å². The van der Waals surface area contributed by atoms with Gasteiger partial charge in [0.1, 0.15) is 0 Å². The van der Waals surface area contributed by atoms with Crippen molar-refractivity contribution in [1.82, 2.24) is 10.2 Å². The number of nitrogens with zero attached hydrogens (tertiary/aromatic N) is 1. The fourth-order valence-electron chi connectivity index (χ4n) is 2.39. The van der Waals surface area contributed by atoms with Crippen LogP contribution in [0.5, 0.6) is 0 Å². The largest absolute Gasteiger partial charge is 0.396 e. The summed E-state index contributed by atoms with van der Waals surface area (Å²) in [5.41, 5.74) is 0. The second kappa shape index (κ2) is 6.38. The van der Waals surface area contributed by atoms with E-state index < -0.39 is 0 Å². The van der Waals surface area contributed by atoms with Crippen molar-refractivity contribution in [3.8, 4) is 0 Å². The van der Waals surface area contributed by atoms with E-state index in [1.54, 1.807) is 0 Å². The van der Waals surface area contributed by atoms with Crippen LogP contribution in [0.15, 0.2) is 0 Å². The van der Waals surface area contributed by atoms with E-state index in [-0.39, 0.29) is 0 Å². The Bertz CT molecular complexity index is 138. The van der Waals surface area contributed by atoms with Crippen molar-refractivity contribution in [2.24, 2.45) is 5.92 Å². The highest BCUT2D eigenvalue weighted by Crippen LogP contribution is 2.19. The molecule has 2 unspecified atom stereocenters. The van der Waals surface area contributed by atoms with E-state index in [1.807, 2.05) is 0 Å². The molecule has 0 radical (unpaired) electrons. The second-order valence-corrected chi connectivity index (χ2v) is 4.22. The number of hydrogen-bond acceptors (Lipinski definition) is 3. The van der Waals surface area contributed by atoms with E-state index in [1.165, 1.54) is 19.5 Å². The van der Waals surface area contributed by atoms with Gasteiger partial charge in [-0.1, -0.05) is 13.8 Å². The molecule has 2 atom stereocenters. The zero-order chi connectivity index (χ0) is 10.4. The van der Waals surface area contributed by atoms with Gasteiger partial charge in [-0.05, 0) is 31.8 Å². The number of rotatable bonds is 5. The molecule has 0 saturated carbocycles. The van der Waals surface area contributed by atoms with Crippen LogP contribution in [0.4, 0.5) is 0 Å². The molecule has 84 valence electrons. The zero-order valence-electron chi connectivity index (χ0n) is 9.50. The molecule has 0 amide bonds. The number of aliphatic hydroxyl groups excluding tert-OH is 1. The Morgan fingerprint density at radius 2 is 2.14 bits per heavy atom. The summed E-state index contributed by atoms with van der Waals surface area (Å²) in [7, 11) is 0. The van der Waals surface area contributed by atoms with Gasteiger partial charge in [0.15, 0.2) is 0 Å². The molecule has 1 fully saturated rings. The molecule has 0 aromatic rings. The SMILES string of the molecule is CCNC1CC(CCO)CN(CC)C1. The quantitative estimate of drug-likeness (QED) is 0.685. The van der Waals surface area contributed by atoms with Crippen LogP contribution < -0.4 is 5.32 Å². The average Bonchev–Trinajstić information content (AvgIpc) is 2.18.